The number of fused-ring (bicyclic) bond motifs is 1. The van der Waals surface area contributed by atoms with Crippen LogP contribution in [0.1, 0.15) is 37.9 Å². The van der Waals surface area contributed by atoms with Crippen LogP contribution >= 0.6 is 33.9 Å². The van der Waals surface area contributed by atoms with Gasteiger partial charge in [-0.3, -0.25) is 14.2 Å². The number of nitrogens with zero attached hydrogens (tertiary/aromatic N) is 2. The molecule has 0 bridgehead atoms. The standard InChI is InChI=1S/C34H32IN3O7S/c1-5-43-24-14-12-22(13-15-24)30-29(32(40)37-23-10-8-7-9-11-23)20(3)36-34-38(30)33(41)27(46-34)18-21-16-25(35)31(26(17-21)42-4)45-19-28(39)44-6-2/h7-18,30H,5-6,19H2,1-4H3,(H,37,40)/b27-18-/t30-/m1/s1. The molecule has 1 N–H and O–H groups in total. The van der Waals surface area contributed by atoms with Gasteiger partial charge in [-0.25, -0.2) is 9.79 Å². The summed E-state index contributed by atoms with van der Waals surface area (Å²) in [5, 5.41) is 2.96. The van der Waals surface area contributed by atoms with E-state index in [0.29, 0.717) is 59.3 Å². The van der Waals surface area contributed by atoms with Crippen LogP contribution in [0.3, 0.4) is 0 Å². The molecule has 0 saturated heterocycles. The molecule has 1 aromatic heterocycles. The number of esters is 1. The average molecular weight is 754 g/mol. The molecule has 1 atom stereocenters. The number of amides is 1. The highest BCUT2D eigenvalue weighted by Crippen LogP contribution is 2.35. The molecule has 0 fully saturated rings. The SMILES string of the molecule is CCOC(=O)COc1c(I)cc(/C=c2\sc3n(c2=O)[C@H](c2ccc(OCC)cc2)C(C(=O)Nc2ccccc2)=C(C)N=3)cc1OC. The van der Waals surface area contributed by atoms with E-state index in [0.717, 1.165) is 5.56 Å². The fourth-order valence-corrected chi connectivity index (χ4v) is 6.84. The number of rotatable bonds is 11. The second-order valence-corrected chi connectivity index (χ2v) is 12.2. The molecule has 10 nitrogen and oxygen atoms in total. The van der Waals surface area contributed by atoms with Gasteiger partial charge in [-0.2, -0.15) is 0 Å². The van der Waals surface area contributed by atoms with Crippen molar-refractivity contribution in [3.05, 3.63) is 112 Å². The van der Waals surface area contributed by atoms with Gasteiger partial charge in [0.2, 0.25) is 0 Å². The summed E-state index contributed by atoms with van der Waals surface area (Å²) in [6, 6.07) is 19.4. The predicted molar refractivity (Wildman–Crippen MR) is 184 cm³/mol. The summed E-state index contributed by atoms with van der Waals surface area (Å²) in [7, 11) is 1.50. The van der Waals surface area contributed by atoms with E-state index >= 15 is 0 Å². The Labute approximate surface area is 283 Å². The molecule has 0 aliphatic carbocycles. The number of methoxy groups -OCH3 is 1. The van der Waals surface area contributed by atoms with Gasteiger partial charge in [-0.05, 0) is 97.0 Å². The molecule has 5 rings (SSSR count). The Kier molecular flexibility index (Phi) is 10.6. The molecule has 3 aromatic carbocycles. The molecule has 238 valence electrons. The average Bonchev–Trinajstić information content (AvgIpc) is 3.34. The van der Waals surface area contributed by atoms with Crippen molar-refractivity contribution in [2.75, 3.05) is 32.2 Å². The molecule has 1 amide bonds. The van der Waals surface area contributed by atoms with Crippen molar-refractivity contribution in [3.63, 3.8) is 0 Å². The molecule has 46 heavy (non-hydrogen) atoms. The molecule has 2 heterocycles. The topological polar surface area (TPSA) is 117 Å². The summed E-state index contributed by atoms with van der Waals surface area (Å²) in [6.45, 7) is 5.92. The van der Waals surface area contributed by atoms with Crippen molar-refractivity contribution in [2.24, 2.45) is 4.99 Å². The summed E-state index contributed by atoms with van der Waals surface area (Å²) >= 11 is 3.33. The molecule has 0 spiro atoms. The Morgan fingerprint density at radius 3 is 2.46 bits per heavy atom. The summed E-state index contributed by atoms with van der Waals surface area (Å²) in [5.74, 6) is 0.652. The van der Waals surface area contributed by atoms with Gasteiger partial charge < -0.3 is 24.3 Å². The number of carbonyl (C=O) groups is 2. The fraction of sp³-hybridized carbons (Fsp3) is 0.235. The lowest BCUT2D eigenvalue weighted by molar-refractivity contribution is -0.145. The van der Waals surface area contributed by atoms with Crippen LogP contribution < -0.4 is 34.4 Å². The Balaban J connectivity index is 1.59. The smallest absolute Gasteiger partial charge is 0.344 e. The first-order valence-corrected chi connectivity index (χ1v) is 16.4. The van der Waals surface area contributed by atoms with E-state index in [9.17, 15) is 14.4 Å². The number of nitrogens with one attached hydrogen (secondary N) is 1. The van der Waals surface area contributed by atoms with E-state index in [1.54, 1.807) is 42.7 Å². The number of halogens is 1. The Hall–Kier alpha value is -4.43. The van der Waals surface area contributed by atoms with Crippen molar-refractivity contribution in [3.8, 4) is 17.2 Å². The van der Waals surface area contributed by atoms with Gasteiger partial charge in [-0.1, -0.05) is 41.7 Å². The third-order valence-corrected chi connectivity index (χ3v) is 8.78. The zero-order valence-electron chi connectivity index (χ0n) is 25.7. The number of thiazole rings is 1. The number of para-hydroxylation sites is 1. The van der Waals surface area contributed by atoms with E-state index in [4.69, 9.17) is 23.9 Å². The largest absolute Gasteiger partial charge is 0.494 e. The number of aromatic nitrogens is 1. The van der Waals surface area contributed by atoms with Crippen LogP contribution in [0.2, 0.25) is 0 Å². The summed E-state index contributed by atoms with van der Waals surface area (Å²) in [6.07, 6.45) is 1.75. The maximum Gasteiger partial charge on any atom is 0.344 e. The van der Waals surface area contributed by atoms with Crippen LogP contribution in [0.15, 0.2) is 87.8 Å². The minimum atomic E-state index is -0.730. The second kappa shape index (κ2) is 14.8. The van der Waals surface area contributed by atoms with Gasteiger partial charge in [0.25, 0.3) is 11.5 Å². The second-order valence-electron chi connectivity index (χ2n) is 10.0. The number of ether oxygens (including phenoxy) is 4. The minimum absolute atomic E-state index is 0.255. The highest BCUT2D eigenvalue weighted by Gasteiger charge is 2.32. The number of allylic oxidation sites excluding steroid dienone is 1. The first kappa shape index (κ1) is 32.9. The quantitative estimate of drug-likeness (QED) is 0.172. The van der Waals surface area contributed by atoms with Crippen molar-refractivity contribution in [1.82, 2.24) is 4.57 Å². The Morgan fingerprint density at radius 2 is 1.78 bits per heavy atom. The number of carbonyl (C=O) groups excluding carboxylic acids is 2. The van der Waals surface area contributed by atoms with E-state index in [2.05, 4.69) is 27.9 Å². The molecule has 1 aliphatic rings. The highest BCUT2D eigenvalue weighted by atomic mass is 127. The molecule has 0 saturated carbocycles. The van der Waals surface area contributed by atoms with Gasteiger partial charge in [0.05, 0.1) is 45.7 Å². The lowest BCUT2D eigenvalue weighted by Gasteiger charge is -2.25. The van der Waals surface area contributed by atoms with Crippen LogP contribution in [0, 0.1) is 3.57 Å². The molecular formula is C34H32IN3O7S. The maximum atomic E-state index is 14.1. The third kappa shape index (κ3) is 7.18. The summed E-state index contributed by atoms with van der Waals surface area (Å²) in [5.41, 5.74) is 2.64. The van der Waals surface area contributed by atoms with E-state index in [1.165, 1.54) is 18.4 Å². The highest BCUT2D eigenvalue weighted by molar-refractivity contribution is 14.1. The zero-order chi connectivity index (χ0) is 32.8. The number of hydrogen-bond acceptors (Lipinski definition) is 9. The van der Waals surface area contributed by atoms with Crippen molar-refractivity contribution in [2.45, 2.75) is 26.8 Å². The van der Waals surface area contributed by atoms with Crippen LogP contribution in [0.5, 0.6) is 17.2 Å². The van der Waals surface area contributed by atoms with Gasteiger partial charge >= 0.3 is 5.97 Å². The van der Waals surface area contributed by atoms with E-state index in [1.807, 2.05) is 55.5 Å². The van der Waals surface area contributed by atoms with Crippen molar-refractivity contribution >= 4 is 57.6 Å². The van der Waals surface area contributed by atoms with Gasteiger partial charge in [0, 0.05) is 5.69 Å². The monoisotopic (exact) mass is 753 g/mol. The van der Waals surface area contributed by atoms with Gasteiger partial charge in [-0.15, -0.1) is 0 Å². The maximum absolute atomic E-state index is 14.1. The van der Waals surface area contributed by atoms with Crippen molar-refractivity contribution in [1.29, 1.82) is 0 Å². The minimum Gasteiger partial charge on any atom is -0.494 e. The van der Waals surface area contributed by atoms with Crippen LogP contribution in [-0.2, 0) is 14.3 Å². The fourth-order valence-electron chi connectivity index (χ4n) is 5.01. The van der Waals surface area contributed by atoms with Gasteiger partial charge in [0.15, 0.2) is 22.9 Å². The van der Waals surface area contributed by atoms with E-state index in [-0.39, 0.29) is 24.7 Å². The number of benzene rings is 3. The van der Waals surface area contributed by atoms with Crippen LogP contribution in [0.4, 0.5) is 5.69 Å². The molecule has 0 unspecified atom stereocenters. The lowest BCUT2D eigenvalue weighted by Crippen LogP contribution is -2.40. The van der Waals surface area contributed by atoms with Crippen molar-refractivity contribution < 1.29 is 28.5 Å². The first-order chi connectivity index (χ1) is 22.2. The summed E-state index contributed by atoms with van der Waals surface area (Å²) < 4.78 is 24.5. The molecular weight excluding hydrogens is 721 g/mol. The Bertz CT molecular complexity index is 1970. The molecule has 0 radical (unpaired) electrons. The third-order valence-electron chi connectivity index (χ3n) is 6.99. The number of hydrogen-bond donors (Lipinski definition) is 1. The first-order valence-electron chi connectivity index (χ1n) is 14.5. The number of anilines is 1. The van der Waals surface area contributed by atoms with E-state index < -0.39 is 12.0 Å². The normalized spacial score (nSPS) is 14.3. The zero-order valence-corrected chi connectivity index (χ0v) is 28.6. The molecule has 4 aromatic rings. The Morgan fingerprint density at radius 1 is 1.04 bits per heavy atom. The molecule has 12 heteroatoms. The van der Waals surface area contributed by atoms with Crippen LogP contribution in [-0.4, -0.2) is 43.4 Å². The van der Waals surface area contributed by atoms with Crippen LogP contribution in [0.25, 0.3) is 6.08 Å². The molecule has 1 aliphatic heterocycles. The summed E-state index contributed by atoms with van der Waals surface area (Å²) in [4.78, 5) is 45.0. The predicted octanol–water partition coefficient (Wildman–Crippen LogP) is 4.83. The lowest BCUT2D eigenvalue weighted by atomic mass is 9.95. The van der Waals surface area contributed by atoms with Gasteiger partial charge in [0.1, 0.15) is 5.75 Å².